The number of imidazole rings is 1. The summed E-state index contributed by atoms with van der Waals surface area (Å²) < 4.78 is 7.64. The molecule has 0 spiro atoms. The van der Waals surface area contributed by atoms with Crippen molar-refractivity contribution in [3.8, 4) is 0 Å². The van der Waals surface area contributed by atoms with E-state index in [1.54, 1.807) is 7.05 Å². The third kappa shape index (κ3) is 2.42. The number of hydrogen-bond donors (Lipinski definition) is 5. The molecule has 0 aliphatic carbocycles. The molecule has 23 heavy (non-hydrogen) atoms. The molecular formula is C12H17IN6O4. The Morgan fingerprint density at radius 1 is 1.43 bits per heavy atom. The highest BCUT2D eigenvalue weighted by atomic mass is 127. The van der Waals surface area contributed by atoms with E-state index >= 15 is 0 Å². The van der Waals surface area contributed by atoms with Gasteiger partial charge in [-0.25, -0.2) is 4.98 Å². The second kappa shape index (κ2) is 5.66. The van der Waals surface area contributed by atoms with E-state index in [1.807, 2.05) is 22.6 Å². The molecule has 1 fully saturated rings. The van der Waals surface area contributed by atoms with Crippen molar-refractivity contribution in [2.75, 3.05) is 24.7 Å². The lowest BCUT2D eigenvalue weighted by molar-refractivity contribution is -0.0961. The SMILES string of the molecule is CNc1nc(N)nc2c1nc(I)n2[C@@H]1O[C@H](CO)[C@@H](O)[C@@]1(C)O. The van der Waals surface area contributed by atoms with Crippen molar-refractivity contribution in [2.24, 2.45) is 0 Å². The van der Waals surface area contributed by atoms with Crippen molar-refractivity contribution in [3.05, 3.63) is 3.83 Å². The molecule has 3 heterocycles. The van der Waals surface area contributed by atoms with Gasteiger partial charge in [0.15, 0.2) is 27.0 Å². The number of fused-ring (bicyclic) bond motifs is 1. The van der Waals surface area contributed by atoms with E-state index in [0.29, 0.717) is 20.8 Å². The van der Waals surface area contributed by atoms with Crippen LogP contribution in [0.3, 0.4) is 0 Å². The van der Waals surface area contributed by atoms with Gasteiger partial charge in [-0.15, -0.1) is 0 Å². The number of ether oxygens (including phenoxy) is 1. The van der Waals surface area contributed by atoms with Crippen LogP contribution in [0, 0.1) is 3.83 Å². The second-order valence-electron chi connectivity index (χ2n) is 5.48. The monoisotopic (exact) mass is 436 g/mol. The van der Waals surface area contributed by atoms with Crippen LogP contribution >= 0.6 is 22.6 Å². The summed E-state index contributed by atoms with van der Waals surface area (Å²) >= 11 is 1.97. The van der Waals surface area contributed by atoms with Crippen LogP contribution in [0.15, 0.2) is 0 Å². The Balaban J connectivity index is 2.21. The summed E-state index contributed by atoms with van der Waals surface area (Å²) in [6, 6.07) is 0. The Labute approximate surface area is 144 Å². The predicted octanol–water partition coefficient (Wildman–Crippen LogP) is -0.944. The molecule has 1 aliphatic heterocycles. The van der Waals surface area contributed by atoms with Gasteiger partial charge in [0.2, 0.25) is 5.95 Å². The number of anilines is 2. The van der Waals surface area contributed by atoms with Crippen LogP contribution in [0.2, 0.25) is 0 Å². The number of nitrogens with zero attached hydrogens (tertiary/aromatic N) is 4. The summed E-state index contributed by atoms with van der Waals surface area (Å²) in [6.07, 6.45) is -3.15. The van der Waals surface area contributed by atoms with Crippen molar-refractivity contribution >= 4 is 45.5 Å². The van der Waals surface area contributed by atoms with Crippen molar-refractivity contribution < 1.29 is 20.1 Å². The minimum atomic E-state index is -1.64. The molecule has 2 aromatic rings. The summed E-state index contributed by atoms with van der Waals surface area (Å²) in [5, 5.41) is 33.0. The van der Waals surface area contributed by atoms with E-state index in [4.69, 9.17) is 10.5 Å². The third-order valence-corrected chi connectivity index (χ3v) is 4.68. The van der Waals surface area contributed by atoms with Crippen LogP contribution in [-0.4, -0.2) is 66.3 Å². The Morgan fingerprint density at radius 3 is 2.70 bits per heavy atom. The largest absolute Gasteiger partial charge is 0.394 e. The van der Waals surface area contributed by atoms with Crippen LogP contribution in [0.1, 0.15) is 13.2 Å². The van der Waals surface area contributed by atoms with Crippen molar-refractivity contribution in [1.82, 2.24) is 19.5 Å². The molecule has 2 aromatic heterocycles. The van der Waals surface area contributed by atoms with Crippen LogP contribution < -0.4 is 11.1 Å². The molecular weight excluding hydrogens is 419 g/mol. The normalized spacial score (nSPS) is 31.0. The fourth-order valence-electron chi connectivity index (χ4n) is 2.71. The molecule has 126 valence electrons. The summed E-state index contributed by atoms with van der Waals surface area (Å²) in [5.41, 5.74) is 4.92. The van der Waals surface area contributed by atoms with E-state index < -0.39 is 30.6 Å². The molecule has 4 atom stereocenters. The molecule has 0 unspecified atom stereocenters. The van der Waals surface area contributed by atoms with E-state index in [2.05, 4.69) is 20.3 Å². The number of nitrogens with one attached hydrogen (secondary N) is 1. The Bertz CT molecular complexity index is 751. The fourth-order valence-corrected chi connectivity index (χ4v) is 3.43. The number of halogens is 1. The van der Waals surface area contributed by atoms with E-state index in [1.165, 1.54) is 11.5 Å². The van der Waals surface area contributed by atoms with Gasteiger partial charge in [-0.3, -0.25) is 4.57 Å². The van der Waals surface area contributed by atoms with Gasteiger partial charge in [0, 0.05) is 29.6 Å². The maximum atomic E-state index is 10.6. The first-order chi connectivity index (χ1) is 10.8. The molecule has 1 saturated heterocycles. The van der Waals surface area contributed by atoms with E-state index in [9.17, 15) is 15.3 Å². The van der Waals surface area contributed by atoms with Crippen LogP contribution in [-0.2, 0) is 4.74 Å². The van der Waals surface area contributed by atoms with Gasteiger partial charge >= 0.3 is 0 Å². The zero-order chi connectivity index (χ0) is 16.9. The van der Waals surface area contributed by atoms with Crippen molar-refractivity contribution in [1.29, 1.82) is 0 Å². The molecule has 0 bridgehead atoms. The number of aromatic nitrogens is 4. The topological polar surface area (TPSA) is 152 Å². The average Bonchev–Trinajstić information content (AvgIpc) is 2.93. The Morgan fingerprint density at radius 2 is 2.13 bits per heavy atom. The second-order valence-corrected chi connectivity index (χ2v) is 6.45. The van der Waals surface area contributed by atoms with Crippen LogP contribution in [0.4, 0.5) is 11.8 Å². The average molecular weight is 436 g/mol. The zero-order valence-corrected chi connectivity index (χ0v) is 14.6. The van der Waals surface area contributed by atoms with Crippen molar-refractivity contribution in [2.45, 2.75) is 31.0 Å². The molecule has 1 aliphatic rings. The number of aliphatic hydroxyl groups is 3. The third-order valence-electron chi connectivity index (χ3n) is 3.92. The standard InChI is InChI=1S/C12H17IN6O4/c1-12(22)6(21)4(3-20)23-9(12)19-8-5(16-10(19)13)7(15-2)17-11(14)18-8/h4,6,9,20-22H,3H2,1-2H3,(H3,14,15,17,18)/t4-,6-,9-,12-/m1/s1. The summed E-state index contributed by atoms with van der Waals surface area (Å²) in [7, 11) is 1.68. The van der Waals surface area contributed by atoms with Crippen LogP contribution in [0.5, 0.6) is 0 Å². The highest BCUT2D eigenvalue weighted by Crippen LogP contribution is 2.41. The molecule has 0 aromatic carbocycles. The molecule has 3 rings (SSSR count). The van der Waals surface area contributed by atoms with Gasteiger partial charge in [-0.1, -0.05) is 0 Å². The predicted molar refractivity (Wildman–Crippen MR) is 89.6 cm³/mol. The summed E-state index contributed by atoms with van der Waals surface area (Å²) in [6.45, 7) is 1.01. The van der Waals surface area contributed by atoms with Gasteiger partial charge in [0.05, 0.1) is 6.61 Å². The first-order valence-electron chi connectivity index (χ1n) is 6.86. The number of hydrogen-bond acceptors (Lipinski definition) is 9. The highest BCUT2D eigenvalue weighted by Gasteiger charge is 2.53. The van der Waals surface area contributed by atoms with Crippen LogP contribution in [0.25, 0.3) is 11.2 Å². The molecule has 0 amide bonds. The zero-order valence-electron chi connectivity index (χ0n) is 12.4. The molecule has 0 saturated carbocycles. The van der Waals surface area contributed by atoms with E-state index in [-0.39, 0.29) is 5.95 Å². The summed E-state index contributed by atoms with van der Waals surface area (Å²) in [4.78, 5) is 12.6. The Kier molecular flexibility index (Phi) is 4.08. The lowest BCUT2D eigenvalue weighted by Gasteiger charge is -2.27. The fraction of sp³-hybridized carbons (Fsp3) is 0.583. The quantitative estimate of drug-likeness (QED) is 0.303. The molecule has 0 radical (unpaired) electrons. The summed E-state index contributed by atoms with van der Waals surface area (Å²) in [5.74, 6) is 0.484. The molecule has 10 nitrogen and oxygen atoms in total. The molecule has 11 heteroatoms. The first kappa shape index (κ1) is 16.6. The maximum Gasteiger partial charge on any atom is 0.224 e. The number of rotatable bonds is 3. The first-order valence-corrected chi connectivity index (χ1v) is 7.94. The minimum absolute atomic E-state index is 0.0382. The van der Waals surface area contributed by atoms with Gasteiger partial charge < -0.3 is 31.1 Å². The number of nitrogens with two attached hydrogens (primary N) is 1. The molecule has 6 N–H and O–H groups in total. The van der Waals surface area contributed by atoms with Gasteiger partial charge in [0.25, 0.3) is 0 Å². The highest BCUT2D eigenvalue weighted by molar-refractivity contribution is 14.1. The minimum Gasteiger partial charge on any atom is -0.394 e. The Hall–Kier alpha value is -1.28. The lowest BCUT2D eigenvalue weighted by atomic mass is 9.96. The van der Waals surface area contributed by atoms with E-state index in [0.717, 1.165) is 0 Å². The van der Waals surface area contributed by atoms with Gasteiger partial charge in [-0.05, 0) is 6.92 Å². The van der Waals surface area contributed by atoms with Crippen molar-refractivity contribution in [3.63, 3.8) is 0 Å². The number of aliphatic hydroxyl groups excluding tert-OH is 2. The lowest BCUT2D eigenvalue weighted by Crippen LogP contribution is -2.44. The van der Waals surface area contributed by atoms with Gasteiger partial charge in [-0.2, -0.15) is 9.97 Å². The smallest absolute Gasteiger partial charge is 0.224 e. The maximum absolute atomic E-state index is 10.6. The van der Waals surface area contributed by atoms with Gasteiger partial charge in [0.1, 0.15) is 17.8 Å². The number of nitrogen functional groups attached to an aromatic ring is 1.